The molecule has 26 heavy (non-hydrogen) atoms. The molecule has 1 atom stereocenters. The lowest BCUT2D eigenvalue weighted by Gasteiger charge is -2.18. The number of hydrogen-bond acceptors (Lipinski definition) is 6. The quantitative estimate of drug-likeness (QED) is 0.882. The van der Waals surface area contributed by atoms with Gasteiger partial charge in [0.25, 0.3) is 11.5 Å². The van der Waals surface area contributed by atoms with Gasteiger partial charge in [0, 0.05) is 39.2 Å². The number of nitrogens with one attached hydrogen (secondary N) is 1. The highest BCUT2D eigenvalue weighted by molar-refractivity contribution is 5.95. The molecule has 0 aromatic carbocycles. The van der Waals surface area contributed by atoms with Gasteiger partial charge in [-0.1, -0.05) is 6.92 Å². The highest BCUT2D eigenvalue weighted by atomic mass is 16.2. The highest BCUT2D eigenvalue weighted by Gasteiger charge is 2.30. The van der Waals surface area contributed by atoms with Crippen molar-refractivity contribution in [1.82, 2.24) is 25.1 Å². The van der Waals surface area contributed by atoms with Crippen LogP contribution in [0.5, 0.6) is 0 Å². The number of aryl methyl sites for hydroxylation is 2. The molecule has 1 fully saturated rings. The van der Waals surface area contributed by atoms with Crippen LogP contribution in [-0.2, 0) is 6.42 Å². The minimum absolute atomic E-state index is 0.0349. The van der Waals surface area contributed by atoms with Gasteiger partial charge in [0.2, 0.25) is 5.95 Å². The molecule has 1 aliphatic heterocycles. The zero-order valence-electron chi connectivity index (χ0n) is 15.6. The van der Waals surface area contributed by atoms with Gasteiger partial charge in [0.1, 0.15) is 0 Å². The molecule has 138 valence electrons. The zero-order chi connectivity index (χ0) is 18.8. The fourth-order valence-electron chi connectivity index (χ4n) is 3.12. The number of likely N-dealkylation sites (tertiary alicyclic amines) is 1. The Bertz CT molecular complexity index is 876. The minimum atomic E-state index is -0.176. The van der Waals surface area contributed by atoms with E-state index in [1.807, 2.05) is 32.0 Å². The van der Waals surface area contributed by atoms with Crippen LogP contribution < -0.4 is 10.5 Å². The number of aromatic nitrogens is 4. The Balaban J connectivity index is 1.81. The number of hydrogen-bond donors (Lipinski definition) is 1. The Kier molecular flexibility index (Phi) is 5.01. The van der Waals surface area contributed by atoms with E-state index in [1.165, 1.54) is 6.07 Å². The summed E-state index contributed by atoms with van der Waals surface area (Å²) in [7, 11) is 3.66. The zero-order valence-corrected chi connectivity index (χ0v) is 15.6. The van der Waals surface area contributed by atoms with Gasteiger partial charge in [-0.2, -0.15) is 10.2 Å². The fraction of sp³-hybridized carbons (Fsp3) is 0.500. The summed E-state index contributed by atoms with van der Waals surface area (Å²) in [6.45, 7) is 4.97. The van der Waals surface area contributed by atoms with Crippen LogP contribution in [-0.4, -0.2) is 58.2 Å². The largest absolute Gasteiger partial charge is 0.348 e. The Morgan fingerprint density at radius 3 is 2.81 bits per heavy atom. The Morgan fingerprint density at radius 1 is 1.35 bits per heavy atom. The number of nitrogens with zero attached hydrogens (tertiary/aromatic N) is 5. The van der Waals surface area contributed by atoms with Gasteiger partial charge in [-0.05, 0) is 25.8 Å². The molecule has 2 aromatic heterocycles. The monoisotopic (exact) mass is 356 g/mol. The second-order valence-electron chi connectivity index (χ2n) is 6.81. The SMILES string of the molecule is CCc1cc(C(=O)N2CCC(c3cc(=O)[nH]c(N(C)C)n3)C2)c(C)nn1. The molecule has 8 nitrogen and oxygen atoms in total. The first-order chi connectivity index (χ1) is 12.4. The maximum atomic E-state index is 12.9. The fourth-order valence-corrected chi connectivity index (χ4v) is 3.12. The number of aromatic amines is 1. The van der Waals surface area contributed by atoms with Crippen LogP contribution in [0.15, 0.2) is 16.9 Å². The Hall–Kier alpha value is -2.77. The van der Waals surface area contributed by atoms with E-state index in [1.54, 1.807) is 11.8 Å². The molecule has 3 rings (SSSR count). The summed E-state index contributed by atoms with van der Waals surface area (Å²) in [5.74, 6) is 0.548. The van der Waals surface area contributed by atoms with Crippen LogP contribution in [0.2, 0.25) is 0 Å². The van der Waals surface area contributed by atoms with Gasteiger partial charge in [0.15, 0.2) is 0 Å². The van der Waals surface area contributed by atoms with Gasteiger partial charge in [-0.25, -0.2) is 4.98 Å². The Labute approximate surface area is 152 Å². The van der Waals surface area contributed by atoms with Crippen molar-refractivity contribution >= 4 is 11.9 Å². The lowest BCUT2D eigenvalue weighted by molar-refractivity contribution is 0.0789. The molecular formula is C18H24N6O2. The van der Waals surface area contributed by atoms with Crippen LogP contribution in [0.1, 0.15) is 46.7 Å². The van der Waals surface area contributed by atoms with Crippen LogP contribution in [0, 0.1) is 6.92 Å². The van der Waals surface area contributed by atoms with Crippen molar-refractivity contribution in [1.29, 1.82) is 0 Å². The van der Waals surface area contributed by atoms with Crippen LogP contribution in [0.4, 0.5) is 5.95 Å². The first-order valence-corrected chi connectivity index (χ1v) is 8.80. The average molecular weight is 356 g/mol. The van der Waals surface area contributed by atoms with E-state index in [9.17, 15) is 9.59 Å². The second-order valence-corrected chi connectivity index (χ2v) is 6.81. The number of rotatable bonds is 4. The third-order valence-corrected chi connectivity index (χ3v) is 4.69. The number of H-pyrrole nitrogens is 1. The van der Waals surface area contributed by atoms with Crippen molar-refractivity contribution in [2.45, 2.75) is 32.6 Å². The van der Waals surface area contributed by atoms with Crippen molar-refractivity contribution in [2.75, 3.05) is 32.1 Å². The summed E-state index contributed by atoms with van der Waals surface area (Å²) in [5, 5.41) is 8.19. The third kappa shape index (κ3) is 3.58. The highest BCUT2D eigenvalue weighted by Crippen LogP contribution is 2.27. The molecule has 2 aromatic rings. The van der Waals surface area contributed by atoms with E-state index in [0.717, 1.165) is 24.2 Å². The van der Waals surface area contributed by atoms with E-state index in [2.05, 4.69) is 20.2 Å². The maximum absolute atomic E-state index is 12.9. The topological polar surface area (TPSA) is 95.1 Å². The van der Waals surface area contributed by atoms with Gasteiger partial charge in [0.05, 0.1) is 22.6 Å². The van der Waals surface area contributed by atoms with Crippen LogP contribution in [0.3, 0.4) is 0 Å². The summed E-state index contributed by atoms with van der Waals surface area (Å²) in [6, 6.07) is 3.35. The third-order valence-electron chi connectivity index (χ3n) is 4.69. The molecule has 1 amide bonds. The molecule has 0 aliphatic carbocycles. The number of carbonyl (C=O) groups is 1. The minimum Gasteiger partial charge on any atom is -0.348 e. The smallest absolute Gasteiger partial charge is 0.255 e. The van der Waals surface area contributed by atoms with Crippen molar-refractivity contribution < 1.29 is 4.79 Å². The first-order valence-electron chi connectivity index (χ1n) is 8.80. The van der Waals surface area contributed by atoms with Crippen molar-refractivity contribution in [2.24, 2.45) is 0 Å². The maximum Gasteiger partial charge on any atom is 0.255 e. The number of amides is 1. The number of anilines is 1. The van der Waals surface area contributed by atoms with E-state index in [4.69, 9.17) is 0 Å². The van der Waals surface area contributed by atoms with Crippen LogP contribution in [0.25, 0.3) is 0 Å². The molecule has 0 saturated carbocycles. The van der Waals surface area contributed by atoms with Crippen molar-refractivity contribution in [3.05, 3.63) is 45.1 Å². The predicted octanol–water partition coefficient (Wildman–Crippen LogP) is 1.13. The molecule has 0 spiro atoms. The van der Waals surface area contributed by atoms with Gasteiger partial charge >= 0.3 is 0 Å². The van der Waals surface area contributed by atoms with Gasteiger partial charge in [-0.15, -0.1) is 0 Å². The standard InChI is InChI=1S/C18H24N6O2/c1-5-13-8-14(11(2)21-22-13)17(26)24-7-6-12(10-24)15-9-16(25)20-18(19-15)23(3)4/h8-9,12H,5-7,10H2,1-4H3,(H,19,20,25). The molecule has 1 saturated heterocycles. The predicted molar refractivity (Wildman–Crippen MR) is 98.6 cm³/mol. The summed E-state index contributed by atoms with van der Waals surface area (Å²) >= 11 is 0. The molecule has 1 N–H and O–H groups in total. The van der Waals surface area contributed by atoms with E-state index in [-0.39, 0.29) is 17.4 Å². The lowest BCUT2D eigenvalue weighted by Crippen LogP contribution is -2.30. The molecule has 0 radical (unpaired) electrons. The lowest BCUT2D eigenvalue weighted by atomic mass is 10.0. The molecular weight excluding hydrogens is 332 g/mol. The van der Waals surface area contributed by atoms with E-state index in [0.29, 0.717) is 30.3 Å². The van der Waals surface area contributed by atoms with E-state index >= 15 is 0 Å². The van der Waals surface area contributed by atoms with E-state index < -0.39 is 0 Å². The summed E-state index contributed by atoms with van der Waals surface area (Å²) in [6.07, 6.45) is 1.52. The van der Waals surface area contributed by atoms with Crippen molar-refractivity contribution in [3.8, 4) is 0 Å². The Morgan fingerprint density at radius 2 is 2.12 bits per heavy atom. The molecule has 8 heteroatoms. The van der Waals surface area contributed by atoms with Gasteiger partial charge in [-0.3, -0.25) is 14.6 Å². The molecule has 1 unspecified atom stereocenters. The summed E-state index contributed by atoms with van der Waals surface area (Å²) in [5.41, 5.74) is 2.60. The van der Waals surface area contributed by atoms with Crippen molar-refractivity contribution in [3.63, 3.8) is 0 Å². The molecule has 1 aliphatic rings. The average Bonchev–Trinajstić information content (AvgIpc) is 3.11. The first kappa shape index (κ1) is 18.0. The second kappa shape index (κ2) is 7.23. The summed E-state index contributed by atoms with van der Waals surface area (Å²) in [4.78, 5) is 35.7. The van der Waals surface area contributed by atoms with Gasteiger partial charge < -0.3 is 9.80 Å². The normalized spacial score (nSPS) is 16.8. The summed E-state index contributed by atoms with van der Waals surface area (Å²) < 4.78 is 0. The number of carbonyl (C=O) groups excluding carboxylic acids is 1. The molecule has 0 bridgehead atoms. The van der Waals surface area contributed by atoms with Crippen LogP contribution >= 0.6 is 0 Å². The molecule has 3 heterocycles.